The number of amides is 1. The van der Waals surface area contributed by atoms with Gasteiger partial charge in [-0.1, -0.05) is 30.3 Å². The van der Waals surface area contributed by atoms with Crippen LogP contribution in [-0.2, 0) is 22.7 Å². The zero-order valence-electron chi connectivity index (χ0n) is 19.4. The Kier molecular flexibility index (Phi) is 7.11. The van der Waals surface area contributed by atoms with E-state index in [1.165, 1.54) is 25.1 Å². The van der Waals surface area contributed by atoms with Gasteiger partial charge in [0.05, 0.1) is 25.9 Å². The fourth-order valence-electron chi connectivity index (χ4n) is 3.52. The molecule has 2 aromatic heterocycles. The molecule has 0 fully saturated rings. The Hall–Kier alpha value is -4.18. The molecule has 4 aromatic rings. The molecule has 180 valence electrons. The molecule has 0 spiro atoms. The van der Waals surface area contributed by atoms with Crippen molar-refractivity contribution in [3.63, 3.8) is 0 Å². The van der Waals surface area contributed by atoms with Gasteiger partial charge < -0.3 is 19.5 Å². The average molecular weight is 494 g/mol. The Labute approximate surface area is 204 Å². The number of aromatic nitrogens is 2. The maximum Gasteiger partial charge on any atom is 0.349 e. The fourth-order valence-corrected chi connectivity index (χ4v) is 4.56. The molecule has 2 aromatic carbocycles. The highest BCUT2D eigenvalue weighted by atomic mass is 32.1. The van der Waals surface area contributed by atoms with Crippen LogP contribution in [0.2, 0.25) is 0 Å². The van der Waals surface area contributed by atoms with Crippen molar-refractivity contribution in [3.8, 4) is 11.5 Å². The van der Waals surface area contributed by atoms with E-state index in [9.17, 15) is 14.4 Å². The van der Waals surface area contributed by atoms with Crippen LogP contribution in [0.5, 0.6) is 11.5 Å². The number of aryl methyl sites for hydroxylation is 1. The first-order valence-corrected chi connectivity index (χ1v) is 11.4. The van der Waals surface area contributed by atoms with Crippen molar-refractivity contribution >= 4 is 39.1 Å². The van der Waals surface area contributed by atoms with Crippen LogP contribution in [0.15, 0.2) is 59.7 Å². The summed E-state index contributed by atoms with van der Waals surface area (Å²) in [6.07, 6.45) is 1.30. The van der Waals surface area contributed by atoms with Gasteiger partial charge in [-0.05, 0) is 30.2 Å². The monoisotopic (exact) mass is 493 g/mol. The highest BCUT2D eigenvalue weighted by molar-refractivity contribution is 7.20. The molecule has 0 unspecified atom stereocenters. The number of carbonyl (C=O) groups excluding carboxylic acids is 2. The minimum absolute atomic E-state index is 0.126. The minimum Gasteiger partial charge on any atom is -0.493 e. The Morgan fingerprint density at radius 3 is 2.51 bits per heavy atom. The second-order valence-corrected chi connectivity index (χ2v) is 8.59. The number of nitrogens with zero attached hydrogens (tertiary/aromatic N) is 2. The number of benzene rings is 2. The molecule has 35 heavy (non-hydrogen) atoms. The number of hydrogen-bond donors (Lipinski definition) is 1. The number of rotatable bonds is 8. The summed E-state index contributed by atoms with van der Waals surface area (Å²) >= 11 is 1.09. The van der Waals surface area contributed by atoms with E-state index in [1.54, 1.807) is 25.1 Å². The molecular weight excluding hydrogens is 470 g/mol. The molecule has 0 radical (unpaired) electrons. The molecule has 0 saturated carbocycles. The number of anilines is 1. The van der Waals surface area contributed by atoms with Gasteiger partial charge in [0, 0.05) is 11.8 Å². The third-order valence-electron chi connectivity index (χ3n) is 5.30. The van der Waals surface area contributed by atoms with Gasteiger partial charge in [-0.15, -0.1) is 11.3 Å². The maximum absolute atomic E-state index is 13.1. The molecule has 9 nitrogen and oxygen atoms in total. The summed E-state index contributed by atoms with van der Waals surface area (Å²) in [7, 11) is 3.02. The summed E-state index contributed by atoms with van der Waals surface area (Å²) in [4.78, 5) is 43.4. The van der Waals surface area contributed by atoms with Crippen molar-refractivity contribution in [2.24, 2.45) is 0 Å². The quantitative estimate of drug-likeness (QED) is 0.372. The normalized spacial score (nSPS) is 10.7. The van der Waals surface area contributed by atoms with Crippen LogP contribution in [0.3, 0.4) is 0 Å². The van der Waals surface area contributed by atoms with Crippen LogP contribution in [0.1, 0.15) is 20.8 Å². The van der Waals surface area contributed by atoms with Crippen molar-refractivity contribution in [2.45, 2.75) is 20.1 Å². The van der Waals surface area contributed by atoms with Crippen molar-refractivity contribution < 1.29 is 23.8 Å². The molecule has 0 saturated heterocycles. The van der Waals surface area contributed by atoms with E-state index >= 15 is 0 Å². The summed E-state index contributed by atoms with van der Waals surface area (Å²) in [6, 6.07) is 14.3. The number of methoxy groups -OCH3 is 2. The summed E-state index contributed by atoms with van der Waals surface area (Å²) < 4.78 is 17.1. The van der Waals surface area contributed by atoms with E-state index in [2.05, 4.69) is 10.3 Å². The lowest BCUT2D eigenvalue weighted by Crippen LogP contribution is -2.27. The molecule has 4 rings (SSSR count). The first-order chi connectivity index (χ1) is 16.9. The molecule has 1 amide bonds. The third-order valence-corrected chi connectivity index (χ3v) is 6.48. The topological polar surface area (TPSA) is 109 Å². The Balaban J connectivity index is 1.51. The largest absolute Gasteiger partial charge is 0.493 e. The Morgan fingerprint density at radius 2 is 1.80 bits per heavy atom. The van der Waals surface area contributed by atoms with Crippen LogP contribution in [0, 0.1) is 6.92 Å². The van der Waals surface area contributed by atoms with E-state index in [0.29, 0.717) is 37.8 Å². The highest BCUT2D eigenvalue weighted by Gasteiger charge is 2.21. The number of hydrogen-bond acceptors (Lipinski definition) is 8. The second kappa shape index (κ2) is 10.4. The summed E-state index contributed by atoms with van der Waals surface area (Å²) in [6.45, 7) is 1.55. The van der Waals surface area contributed by atoms with Gasteiger partial charge in [0.15, 0.2) is 11.5 Å². The van der Waals surface area contributed by atoms with Crippen molar-refractivity contribution in [1.29, 1.82) is 0 Å². The molecule has 0 bridgehead atoms. The lowest BCUT2D eigenvalue weighted by Gasteiger charge is -2.11. The van der Waals surface area contributed by atoms with Crippen molar-refractivity contribution in [2.75, 3.05) is 19.5 Å². The van der Waals surface area contributed by atoms with Crippen LogP contribution < -0.4 is 20.3 Å². The zero-order chi connectivity index (χ0) is 24.9. The van der Waals surface area contributed by atoms with E-state index in [4.69, 9.17) is 14.2 Å². The number of nitrogens with one attached hydrogen (secondary N) is 1. The predicted octanol–water partition coefficient (Wildman–Crippen LogP) is 3.78. The molecule has 10 heteroatoms. The Bertz CT molecular complexity index is 1450. The van der Waals surface area contributed by atoms with E-state index in [-0.39, 0.29) is 13.2 Å². The van der Waals surface area contributed by atoms with Gasteiger partial charge >= 0.3 is 5.97 Å². The number of carbonyl (C=O) groups is 2. The summed E-state index contributed by atoms with van der Waals surface area (Å²) in [5.74, 6) is 0.0517. The van der Waals surface area contributed by atoms with E-state index in [1.807, 2.05) is 30.3 Å². The summed E-state index contributed by atoms with van der Waals surface area (Å²) in [5.41, 5.74) is 1.43. The number of ether oxygens (including phenoxy) is 3. The van der Waals surface area contributed by atoms with Crippen LogP contribution in [0.25, 0.3) is 10.2 Å². The molecule has 1 N–H and O–H groups in total. The fraction of sp³-hybridized carbons (Fsp3) is 0.200. The number of fused-ring (bicyclic) bond motifs is 1. The minimum atomic E-state index is -0.522. The van der Waals surface area contributed by atoms with Gasteiger partial charge in [0.25, 0.3) is 5.56 Å². The second-order valence-electron chi connectivity index (χ2n) is 7.59. The molecule has 0 aliphatic rings. The number of thiophene rings is 1. The maximum atomic E-state index is 13.1. The van der Waals surface area contributed by atoms with Crippen molar-refractivity contribution in [3.05, 3.63) is 81.2 Å². The molecule has 2 heterocycles. The van der Waals surface area contributed by atoms with Gasteiger partial charge in [0.1, 0.15) is 22.9 Å². The first-order valence-electron chi connectivity index (χ1n) is 10.6. The van der Waals surface area contributed by atoms with Crippen LogP contribution in [0.4, 0.5) is 5.69 Å². The molecule has 0 atom stereocenters. The zero-order valence-corrected chi connectivity index (χ0v) is 20.2. The highest BCUT2D eigenvalue weighted by Crippen LogP contribution is 2.30. The third kappa shape index (κ3) is 5.17. The van der Waals surface area contributed by atoms with Crippen LogP contribution in [-0.4, -0.2) is 35.6 Å². The van der Waals surface area contributed by atoms with Gasteiger partial charge in [-0.2, -0.15) is 0 Å². The van der Waals surface area contributed by atoms with E-state index in [0.717, 1.165) is 16.9 Å². The Morgan fingerprint density at radius 1 is 1.06 bits per heavy atom. The lowest BCUT2D eigenvalue weighted by molar-refractivity contribution is -0.116. The summed E-state index contributed by atoms with van der Waals surface area (Å²) in [5, 5.41) is 3.02. The van der Waals surface area contributed by atoms with E-state index < -0.39 is 17.4 Å². The van der Waals surface area contributed by atoms with Gasteiger partial charge in [-0.3, -0.25) is 14.2 Å². The SMILES string of the molecule is COc1ccc(NC(=O)Cn2cnc3sc(C(=O)OCc4ccccc4)c(C)c3c2=O)cc1OC. The molecular formula is C25H23N3O6S. The first kappa shape index (κ1) is 24.0. The standard InChI is InChI=1S/C25H23N3O6S/c1-15-21-23(35-22(15)25(31)34-13-16-7-5-4-6-8-16)26-14-28(24(21)30)12-20(29)27-17-9-10-18(32-2)19(11-17)33-3/h4-11,14H,12-13H2,1-3H3,(H,27,29). The molecule has 0 aliphatic carbocycles. The van der Waals surface area contributed by atoms with Crippen LogP contribution >= 0.6 is 11.3 Å². The lowest BCUT2D eigenvalue weighted by atomic mass is 10.2. The smallest absolute Gasteiger partial charge is 0.349 e. The van der Waals surface area contributed by atoms with Crippen molar-refractivity contribution in [1.82, 2.24) is 9.55 Å². The van der Waals surface area contributed by atoms with Gasteiger partial charge in [-0.25, -0.2) is 9.78 Å². The van der Waals surface area contributed by atoms with Gasteiger partial charge in [0.2, 0.25) is 5.91 Å². The average Bonchev–Trinajstić information content (AvgIpc) is 3.21. The number of esters is 1. The molecule has 0 aliphatic heterocycles. The predicted molar refractivity (Wildman–Crippen MR) is 132 cm³/mol.